The molecule has 1 atom stereocenters. The Balaban J connectivity index is 2.14. The molecule has 0 saturated heterocycles. The Morgan fingerprint density at radius 2 is 1.86 bits per heavy atom. The molecule has 110 valence electrons. The minimum absolute atomic E-state index is 0.0392. The van der Waals surface area contributed by atoms with Crippen molar-refractivity contribution >= 4 is 0 Å². The maximum absolute atomic E-state index is 13.1. The number of rotatable bonds is 4. The monoisotopic (exact) mass is 286 g/mol. The minimum Gasteiger partial charge on any atom is -0.449 e. The van der Waals surface area contributed by atoms with Gasteiger partial charge in [-0.25, -0.2) is 4.39 Å². The Bertz CT molecular complexity index is 632. The van der Waals surface area contributed by atoms with Gasteiger partial charge in [-0.05, 0) is 35.2 Å². The molecule has 1 aromatic heterocycles. The van der Waals surface area contributed by atoms with Gasteiger partial charge in [-0.15, -0.1) is 0 Å². The Kier molecular flexibility index (Phi) is 4.44. The van der Waals surface area contributed by atoms with E-state index in [1.54, 1.807) is 24.3 Å². The zero-order valence-corrected chi connectivity index (χ0v) is 12.5. The second-order valence-corrected chi connectivity index (χ2v) is 6.11. The number of hydrogen-bond donors (Lipinski definition) is 1. The van der Waals surface area contributed by atoms with Gasteiger partial charge >= 0.3 is 0 Å². The first-order valence-corrected chi connectivity index (χ1v) is 6.88. The molecule has 21 heavy (non-hydrogen) atoms. The summed E-state index contributed by atoms with van der Waals surface area (Å²) < 4.78 is 18.4. The first-order chi connectivity index (χ1) is 9.90. The zero-order chi connectivity index (χ0) is 15.5. The Morgan fingerprint density at radius 1 is 1.19 bits per heavy atom. The molecular formula is C17H19FN2O. The van der Waals surface area contributed by atoms with E-state index in [4.69, 9.17) is 9.68 Å². The van der Waals surface area contributed by atoms with Crippen LogP contribution in [0.4, 0.5) is 4.39 Å². The maximum Gasteiger partial charge on any atom is 0.203 e. The third-order valence-corrected chi connectivity index (χ3v) is 3.32. The highest BCUT2D eigenvalue weighted by atomic mass is 19.1. The van der Waals surface area contributed by atoms with Gasteiger partial charge in [-0.2, -0.15) is 5.26 Å². The molecule has 1 unspecified atom stereocenters. The fourth-order valence-electron chi connectivity index (χ4n) is 2.31. The van der Waals surface area contributed by atoms with Gasteiger partial charge in [0.25, 0.3) is 0 Å². The third-order valence-electron chi connectivity index (χ3n) is 3.32. The molecule has 0 amide bonds. The fourth-order valence-corrected chi connectivity index (χ4v) is 2.31. The molecular weight excluding hydrogens is 267 g/mol. The third kappa shape index (κ3) is 3.93. The fraction of sp³-hybridized carbons (Fsp3) is 0.353. The summed E-state index contributed by atoms with van der Waals surface area (Å²) in [6, 6.07) is 12.0. The molecule has 1 N–H and O–H groups in total. The summed E-state index contributed by atoms with van der Waals surface area (Å²) in [6.07, 6.45) is 0. The highest BCUT2D eigenvalue weighted by Gasteiger charge is 2.26. The molecule has 0 aliphatic rings. The normalized spacial score (nSPS) is 12.9. The summed E-state index contributed by atoms with van der Waals surface area (Å²) in [5.41, 5.74) is 0.985. The van der Waals surface area contributed by atoms with Gasteiger partial charge in [0.2, 0.25) is 5.76 Å². The lowest BCUT2D eigenvalue weighted by Gasteiger charge is -2.32. The lowest BCUT2D eigenvalue weighted by Crippen LogP contribution is -2.31. The first kappa shape index (κ1) is 15.3. The highest BCUT2D eigenvalue weighted by molar-refractivity contribution is 5.22. The van der Waals surface area contributed by atoms with Crippen LogP contribution < -0.4 is 5.32 Å². The molecule has 0 aliphatic carbocycles. The smallest absolute Gasteiger partial charge is 0.203 e. The molecule has 0 fully saturated rings. The largest absolute Gasteiger partial charge is 0.449 e. The number of hydrogen-bond acceptors (Lipinski definition) is 3. The highest BCUT2D eigenvalue weighted by Crippen LogP contribution is 2.33. The van der Waals surface area contributed by atoms with Crippen molar-refractivity contribution in [1.82, 2.24) is 5.32 Å². The van der Waals surface area contributed by atoms with Crippen LogP contribution in [0.1, 0.15) is 43.9 Å². The van der Waals surface area contributed by atoms with Crippen LogP contribution in [0.5, 0.6) is 0 Å². The van der Waals surface area contributed by atoms with E-state index in [1.165, 1.54) is 12.1 Å². The van der Waals surface area contributed by atoms with E-state index in [-0.39, 0.29) is 17.3 Å². The van der Waals surface area contributed by atoms with Crippen molar-refractivity contribution in [3.63, 3.8) is 0 Å². The van der Waals surface area contributed by atoms with Crippen molar-refractivity contribution in [3.8, 4) is 6.07 Å². The van der Waals surface area contributed by atoms with Crippen LogP contribution in [0.3, 0.4) is 0 Å². The zero-order valence-electron chi connectivity index (χ0n) is 12.5. The van der Waals surface area contributed by atoms with Gasteiger partial charge in [-0.1, -0.05) is 32.9 Å². The van der Waals surface area contributed by atoms with Gasteiger partial charge < -0.3 is 9.73 Å². The molecule has 0 saturated carbocycles. The van der Waals surface area contributed by atoms with Gasteiger partial charge in [-0.3, -0.25) is 0 Å². The van der Waals surface area contributed by atoms with Crippen LogP contribution in [-0.2, 0) is 6.54 Å². The van der Waals surface area contributed by atoms with Crippen LogP contribution in [0.2, 0.25) is 0 Å². The number of furan rings is 1. The van der Waals surface area contributed by atoms with Crippen molar-refractivity contribution in [2.45, 2.75) is 33.4 Å². The lowest BCUT2D eigenvalue weighted by molar-refractivity contribution is 0.264. The molecule has 3 nitrogen and oxygen atoms in total. The molecule has 0 aliphatic heterocycles. The van der Waals surface area contributed by atoms with Crippen LogP contribution in [0.15, 0.2) is 40.8 Å². The number of nitriles is 1. The molecule has 2 aromatic rings. The van der Waals surface area contributed by atoms with E-state index < -0.39 is 0 Å². The van der Waals surface area contributed by atoms with Crippen LogP contribution in [0, 0.1) is 22.6 Å². The maximum atomic E-state index is 13.1. The van der Waals surface area contributed by atoms with Crippen molar-refractivity contribution in [2.24, 2.45) is 5.41 Å². The van der Waals surface area contributed by atoms with E-state index in [0.717, 1.165) is 5.56 Å². The Morgan fingerprint density at radius 3 is 2.38 bits per heavy atom. The molecule has 4 heteroatoms. The van der Waals surface area contributed by atoms with E-state index in [9.17, 15) is 4.39 Å². The lowest BCUT2D eigenvalue weighted by atomic mass is 9.82. The first-order valence-electron chi connectivity index (χ1n) is 6.88. The number of halogens is 1. The summed E-state index contributed by atoms with van der Waals surface area (Å²) >= 11 is 0. The second-order valence-electron chi connectivity index (χ2n) is 6.11. The van der Waals surface area contributed by atoms with Crippen molar-refractivity contribution < 1.29 is 8.81 Å². The summed E-state index contributed by atoms with van der Waals surface area (Å²) in [5, 5.41) is 12.2. The minimum atomic E-state index is -0.240. The quantitative estimate of drug-likeness (QED) is 0.917. The number of benzene rings is 1. The van der Waals surface area contributed by atoms with Crippen molar-refractivity contribution in [2.75, 3.05) is 0 Å². The number of nitrogens with one attached hydrogen (secondary N) is 1. The van der Waals surface area contributed by atoms with Gasteiger partial charge in [0.1, 0.15) is 17.6 Å². The summed E-state index contributed by atoms with van der Waals surface area (Å²) in [6.45, 7) is 6.88. The van der Waals surface area contributed by atoms with Crippen molar-refractivity contribution in [3.05, 3.63) is 59.3 Å². The number of nitrogens with zero attached hydrogens (tertiary/aromatic N) is 1. The Labute approximate surface area is 124 Å². The molecule has 1 aromatic carbocycles. The predicted octanol–water partition coefficient (Wildman–Crippen LogP) is 4.17. The average Bonchev–Trinajstić information content (AvgIpc) is 2.87. The molecule has 1 heterocycles. The molecule has 0 radical (unpaired) electrons. The second kappa shape index (κ2) is 6.11. The Hall–Kier alpha value is -2.12. The SMILES string of the molecule is CC(C)(C)C(NCc1ccc(C#N)o1)c1ccc(F)cc1. The molecule has 2 rings (SSSR count). The van der Waals surface area contributed by atoms with Crippen LogP contribution in [-0.4, -0.2) is 0 Å². The average molecular weight is 286 g/mol. The summed E-state index contributed by atoms with van der Waals surface area (Å²) in [5.74, 6) is 0.778. The van der Waals surface area contributed by atoms with Gasteiger partial charge in [0.05, 0.1) is 6.54 Å². The van der Waals surface area contributed by atoms with E-state index in [0.29, 0.717) is 18.1 Å². The summed E-state index contributed by atoms with van der Waals surface area (Å²) in [4.78, 5) is 0. The van der Waals surface area contributed by atoms with E-state index in [2.05, 4.69) is 26.1 Å². The van der Waals surface area contributed by atoms with Crippen molar-refractivity contribution in [1.29, 1.82) is 5.26 Å². The van der Waals surface area contributed by atoms with Gasteiger partial charge in [0.15, 0.2) is 0 Å². The standard InChI is InChI=1S/C17H19FN2O/c1-17(2,3)16(12-4-6-13(18)7-5-12)20-11-15-9-8-14(10-19)21-15/h4-9,16,20H,11H2,1-3H3. The predicted molar refractivity (Wildman–Crippen MR) is 78.9 cm³/mol. The van der Waals surface area contributed by atoms with Crippen LogP contribution >= 0.6 is 0 Å². The summed E-state index contributed by atoms with van der Waals surface area (Å²) in [7, 11) is 0. The molecule has 0 bridgehead atoms. The van der Waals surface area contributed by atoms with E-state index >= 15 is 0 Å². The van der Waals surface area contributed by atoms with Crippen LogP contribution in [0.25, 0.3) is 0 Å². The van der Waals surface area contributed by atoms with Gasteiger partial charge in [0, 0.05) is 6.04 Å². The topological polar surface area (TPSA) is 49.0 Å². The van der Waals surface area contributed by atoms with E-state index in [1.807, 2.05) is 6.07 Å². The molecule has 0 spiro atoms.